The van der Waals surface area contributed by atoms with Crippen molar-refractivity contribution in [1.82, 2.24) is 4.72 Å². The molecule has 1 atom stereocenters. The lowest BCUT2D eigenvalue weighted by Gasteiger charge is -2.17. The van der Waals surface area contributed by atoms with E-state index >= 15 is 0 Å². The fraction of sp³-hybridized carbons (Fsp3) is 0.200. The number of aliphatic hydroxyl groups is 1. The summed E-state index contributed by atoms with van der Waals surface area (Å²) in [6.45, 7) is 1.54. The van der Waals surface area contributed by atoms with E-state index in [0.717, 1.165) is 11.1 Å². The molecule has 0 bridgehead atoms. The fourth-order valence-electron chi connectivity index (χ4n) is 1.93. The lowest BCUT2D eigenvalue weighted by Crippen LogP contribution is -2.30. The summed E-state index contributed by atoms with van der Waals surface area (Å²) < 4.78 is 27.1. The number of hydrogen-bond donors (Lipinski definition) is 2. The summed E-state index contributed by atoms with van der Waals surface area (Å²) >= 11 is 0. The van der Waals surface area contributed by atoms with Crippen LogP contribution in [0.25, 0.3) is 0 Å². The Morgan fingerprint density at radius 3 is 2.40 bits per heavy atom. The van der Waals surface area contributed by atoms with Gasteiger partial charge in [-0.05, 0) is 30.2 Å². The normalized spacial score (nSPS) is 13.1. The van der Waals surface area contributed by atoms with Gasteiger partial charge in [-0.2, -0.15) is 0 Å². The Balaban J connectivity index is 2.27. The molecule has 2 aromatic rings. The number of aliphatic hydroxyl groups excluding tert-OH is 1. The molecule has 2 aromatic carbocycles. The van der Waals surface area contributed by atoms with Crippen LogP contribution in [0.3, 0.4) is 0 Å². The third kappa shape index (κ3) is 3.45. The summed E-state index contributed by atoms with van der Waals surface area (Å²) in [5.74, 6) is 0. The zero-order chi connectivity index (χ0) is 14.6. The maximum absolute atomic E-state index is 12.3. The maximum Gasteiger partial charge on any atom is 0.241 e. The molecule has 0 spiro atoms. The molecule has 106 valence electrons. The predicted molar refractivity (Wildman–Crippen MR) is 77.8 cm³/mol. The standard InChI is InChI=1S/C15H17NO3S/c1-12-6-5-9-14(10-12)20(18,19)16-15(11-17)13-7-3-2-4-8-13/h2-10,15-17H,11H2,1H3. The zero-order valence-corrected chi connectivity index (χ0v) is 12.0. The smallest absolute Gasteiger partial charge is 0.241 e. The monoisotopic (exact) mass is 291 g/mol. The minimum absolute atomic E-state index is 0.201. The van der Waals surface area contributed by atoms with Crippen molar-refractivity contribution in [3.63, 3.8) is 0 Å². The summed E-state index contributed by atoms with van der Waals surface area (Å²) in [5, 5.41) is 9.42. The van der Waals surface area contributed by atoms with E-state index in [1.54, 1.807) is 36.4 Å². The first kappa shape index (κ1) is 14.7. The Morgan fingerprint density at radius 1 is 1.10 bits per heavy atom. The Labute approximate surface area is 119 Å². The third-order valence-corrected chi connectivity index (χ3v) is 4.45. The number of nitrogens with one attached hydrogen (secondary N) is 1. The highest BCUT2D eigenvalue weighted by Crippen LogP contribution is 2.17. The zero-order valence-electron chi connectivity index (χ0n) is 11.2. The molecule has 2 N–H and O–H groups in total. The van der Waals surface area contributed by atoms with Gasteiger partial charge in [0.25, 0.3) is 0 Å². The van der Waals surface area contributed by atoms with Crippen molar-refractivity contribution in [1.29, 1.82) is 0 Å². The van der Waals surface area contributed by atoms with E-state index in [1.165, 1.54) is 6.07 Å². The quantitative estimate of drug-likeness (QED) is 0.885. The molecule has 1 unspecified atom stereocenters. The Kier molecular flexibility index (Phi) is 4.54. The van der Waals surface area contributed by atoms with E-state index in [4.69, 9.17) is 0 Å². The van der Waals surface area contributed by atoms with Crippen LogP contribution in [0.2, 0.25) is 0 Å². The van der Waals surface area contributed by atoms with E-state index in [-0.39, 0.29) is 11.5 Å². The van der Waals surface area contributed by atoms with Crippen molar-refractivity contribution in [2.45, 2.75) is 17.9 Å². The van der Waals surface area contributed by atoms with E-state index in [9.17, 15) is 13.5 Å². The fourth-order valence-corrected chi connectivity index (χ4v) is 3.25. The second-order valence-corrected chi connectivity index (χ2v) is 6.30. The van der Waals surface area contributed by atoms with Crippen LogP contribution in [-0.2, 0) is 10.0 Å². The summed E-state index contributed by atoms with van der Waals surface area (Å²) in [5.41, 5.74) is 1.60. The third-order valence-electron chi connectivity index (χ3n) is 2.98. The molecule has 0 aliphatic rings. The highest BCUT2D eigenvalue weighted by Gasteiger charge is 2.20. The van der Waals surface area contributed by atoms with Gasteiger partial charge in [-0.3, -0.25) is 0 Å². The summed E-state index contributed by atoms with van der Waals surface area (Å²) in [6.07, 6.45) is 0. The second kappa shape index (κ2) is 6.17. The van der Waals surface area contributed by atoms with Crippen LogP contribution in [-0.4, -0.2) is 20.1 Å². The number of rotatable bonds is 5. The van der Waals surface area contributed by atoms with Crippen LogP contribution in [0.1, 0.15) is 17.2 Å². The molecule has 0 amide bonds. The average molecular weight is 291 g/mol. The van der Waals surface area contributed by atoms with Crippen molar-refractivity contribution < 1.29 is 13.5 Å². The van der Waals surface area contributed by atoms with Gasteiger partial charge in [0.1, 0.15) is 0 Å². The summed E-state index contributed by atoms with van der Waals surface area (Å²) in [7, 11) is -3.65. The number of sulfonamides is 1. The van der Waals surface area contributed by atoms with Gasteiger partial charge in [0, 0.05) is 0 Å². The minimum atomic E-state index is -3.65. The molecule has 0 aliphatic carbocycles. The molecular formula is C15H17NO3S. The first-order valence-corrected chi connectivity index (χ1v) is 7.76. The molecule has 2 rings (SSSR count). The molecule has 0 saturated heterocycles. The molecule has 5 heteroatoms. The largest absolute Gasteiger partial charge is 0.394 e. The van der Waals surface area contributed by atoms with Gasteiger partial charge in [-0.25, -0.2) is 13.1 Å². The van der Waals surface area contributed by atoms with Crippen LogP contribution >= 0.6 is 0 Å². The topological polar surface area (TPSA) is 66.4 Å². The molecule has 0 aromatic heterocycles. The Morgan fingerprint density at radius 2 is 1.80 bits per heavy atom. The van der Waals surface area contributed by atoms with Gasteiger partial charge in [0.15, 0.2) is 0 Å². The van der Waals surface area contributed by atoms with Crippen LogP contribution in [0.4, 0.5) is 0 Å². The molecule has 20 heavy (non-hydrogen) atoms. The van der Waals surface area contributed by atoms with Crippen LogP contribution in [0, 0.1) is 6.92 Å². The van der Waals surface area contributed by atoms with Gasteiger partial charge in [-0.1, -0.05) is 42.5 Å². The molecule has 0 aliphatic heterocycles. The highest BCUT2D eigenvalue weighted by atomic mass is 32.2. The highest BCUT2D eigenvalue weighted by molar-refractivity contribution is 7.89. The van der Waals surface area contributed by atoms with E-state index in [2.05, 4.69) is 4.72 Å². The van der Waals surface area contributed by atoms with E-state index in [0.29, 0.717) is 0 Å². The molecular weight excluding hydrogens is 274 g/mol. The second-order valence-electron chi connectivity index (χ2n) is 4.58. The predicted octanol–water partition coefficient (Wildman–Crippen LogP) is 2.01. The van der Waals surface area contributed by atoms with Gasteiger partial charge in [-0.15, -0.1) is 0 Å². The van der Waals surface area contributed by atoms with Crippen molar-refractivity contribution in [2.24, 2.45) is 0 Å². The first-order chi connectivity index (χ1) is 9.53. The Bertz CT molecular complexity index is 669. The van der Waals surface area contributed by atoms with E-state index < -0.39 is 16.1 Å². The van der Waals surface area contributed by atoms with Crippen molar-refractivity contribution in [2.75, 3.05) is 6.61 Å². The van der Waals surface area contributed by atoms with Crippen LogP contribution in [0.15, 0.2) is 59.5 Å². The first-order valence-electron chi connectivity index (χ1n) is 6.28. The molecule has 0 saturated carbocycles. The molecule has 0 heterocycles. The summed E-state index contributed by atoms with van der Waals surface area (Å²) in [4.78, 5) is 0.201. The summed E-state index contributed by atoms with van der Waals surface area (Å²) in [6, 6.07) is 15.0. The van der Waals surface area contributed by atoms with Gasteiger partial charge >= 0.3 is 0 Å². The maximum atomic E-state index is 12.3. The number of hydrogen-bond acceptors (Lipinski definition) is 3. The van der Waals surface area contributed by atoms with Gasteiger partial charge in [0.2, 0.25) is 10.0 Å². The minimum Gasteiger partial charge on any atom is -0.394 e. The van der Waals surface area contributed by atoms with Crippen LogP contribution in [0.5, 0.6) is 0 Å². The average Bonchev–Trinajstić information content (AvgIpc) is 2.46. The number of aryl methyl sites for hydroxylation is 1. The van der Waals surface area contributed by atoms with Gasteiger partial charge in [0.05, 0.1) is 17.5 Å². The van der Waals surface area contributed by atoms with E-state index in [1.807, 2.05) is 19.1 Å². The lowest BCUT2D eigenvalue weighted by molar-refractivity contribution is 0.259. The molecule has 4 nitrogen and oxygen atoms in total. The lowest BCUT2D eigenvalue weighted by atomic mass is 10.1. The van der Waals surface area contributed by atoms with Crippen LogP contribution < -0.4 is 4.72 Å². The number of benzene rings is 2. The molecule has 0 fully saturated rings. The van der Waals surface area contributed by atoms with Gasteiger partial charge < -0.3 is 5.11 Å². The molecule has 0 radical (unpaired) electrons. The SMILES string of the molecule is Cc1cccc(S(=O)(=O)NC(CO)c2ccccc2)c1. The Hall–Kier alpha value is -1.69. The van der Waals surface area contributed by atoms with Crippen molar-refractivity contribution in [3.8, 4) is 0 Å². The van der Waals surface area contributed by atoms with Crippen molar-refractivity contribution >= 4 is 10.0 Å². The van der Waals surface area contributed by atoms with Crippen molar-refractivity contribution in [3.05, 3.63) is 65.7 Å².